The molecule has 0 aliphatic carbocycles. The summed E-state index contributed by atoms with van der Waals surface area (Å²) >= 11 is 3.27. The number of methoxy groups -OCH3 is 1. The van der Waals surface area contributed by atoms with Crippen LogP contribution in [0.25, 0.3) is 0 Å². The molecule has 138 valence electrons. The Morgan fingerprint density at radius 3 is 2.46 bits per heavy atom. The van der Waals surface area contributed by atoms with Crippen LogP contribution < -0.4 is 15.4 Å². The van der Waals surface area contributed by atoms with E-state index in [9.17, 15) is 9.59 Å². The summed E-state index contributed by atoms with van der Waals surface area (Å²) in [6.07, 6.45) is 8.11. The average molecular weight is 421 g/mol. The summed E-state index contributed by atoms with van der Waals surface area (Å²) in [7, 11) is 1.53. The number of nitrogens with one attached hydrogen (secondary N) is 2. The molecule has 0 unspecified atom stereocenters. The number of rotatable bonds is 9. The monoisotopic (exact) mass is 420 g/mol. The number of carbonyl (C=O) groups excluding carboxylic acids is 2. The van der Waals surface area contributed by atoms with Gasteiger partial charge in [-0.05, 0) is 36.4 Å². The molecule has 1 aromatic rings. The summed E-state index contributed by atoms with van der Waals surface area (Å²) in [5.41, 5.74) is 0.434. The Morgan fingerprint density at radius 1 is 1.23 bits per heavy atom. The van der Waals surface area contributed by atoms with Crippen molar-refractivity contribution in [2.75, 3.05) is 20.3 Å². The van der Waals surface area contributed by atoms with Gasteiger partial charge in [0, 0.05) is 16.6 Å². The molecule has 0 bridgehead atoms. The number of ether oxygens (including phenoxy) is 1. The Kier molecular flexibility index (Phi) is 9.74. The smallest absolute Gasteiger partial charge is 0.267 e. The van der Waals surface area contributed by atoms with Crippen LogP contribution in [-0.2, 0) is 4.79 Å². The van der Waals surface area contributed by atoms with Crippen molar-refractivity contribution in [3.63, 3.8) is 0 Å². The molecule has 6 nitrogen and oxygen atoms in total. The van der Waals surface area contributed by atoms with Gasteiger partial charge >= 0.3 is 0 Å². The highest BCUT2D eigenvalue weighted by molar-refractivity contribution is 9.11. The molecule has 0 fully saturated rings. The minimum Gasteiger partial charge on any atom is -0.497 e. The van der Waals surface area contributed by atoms with Gasteiger partial charge in [0.1, 0.15) is 11.4 Å². The minimum atomic E-state index is -0.502. The highest BCUT2D eigenvalue weighted by atomic mass is 79.9. The standard InChI is InChI=1S/C19H21BrN2O4/c1-3-15(20)6-4-5-7-17(19(25)21-12-13-23)22-18(24)14-8-10-16(26-2)11-9-14/h3-11,23H,1,12-13H2,2H3,(H,21,25)(H,22,24)/b5-4+,15-6+,17-7-. The van der Waals surface area contributed by atoms with Crippen molar-refractivity contribution < 1.29 is 19.4 Å². The first-order valence-corrected chi connectivity index (χ1v) is 8.52. The van der Waals surface area contributed by atoms with Crippen molar-refractivity contribution in [2.24, 2.45) is 0 Å². The van der Waals surface area contributed by atoms with Crippen molar-refractivity contribution in [3.05, 3.63) is 77.0 Å². The zero-order chi connectivity index (χ0) is 19.4. The van der Waals surface area contributed by atoms with Gasteiger partial charge < -0.3 is 20.5 Å². The summed E-state index contributed by atoms with van der Waals surface area (Å²) in [4.78, 5) is 24.5. The molecule has 2 amide bonds. The van der Waals surface area contributed by atoms with Crippen LogP contribution in [0, 0.1) is 0 Å². The van der Waals surface area contributed by atoms with E-state index in [0.29, 0.717) is 11.3 Å². The summed E-state index contributed by atoms with van der Waals surface area (Å²) in [6.45, 7) is 3.49. The lowest BCUT2D eigenvalue weighted by Gasteiger charge is -2.10. The van der Waals surface area contributed by atoms with E-state index in [1.165, 1.54) is 13.2 Å². The maximum absolute atomic E-state index is 12.3. The summed E-state index contributed by atoms with van der Waals surface area (Å²) < 4.78 is 5.82. The van der Waals surface area contributed by atoms with Gasteiger partial charge in [-0.1, -0.05) is 40.7 Å². The molecule has 0 saturated carbocycles. The van der Waals surface area contributed by atoms with E-state index in [1.54, 1.807) is 48.6 Å². The van der Waals surface area contributed by atoms with Crippen LogP contribution in [0.15, 0.2) is 71.4 Å². The van der Waals surface area contributed by atoms with Gasteiger partial charge in [0.05, 0.1) is 13.7 Å². The summed E-state index contributed by atoms with van der Waals surface area (Å²) in [6, 6.07) is 6.50. The second-order valence-corrected chi connectivity index (χ2v) is 5.80. The number of aliphatic hydroxyl groups excluding tert-OH is 1. The first-order valence-electron chi connectivity index (χ1n) is 7.73. The third kappa shape index (κ3) is 7.50. The van der Waals surface area contributed by atoms with Crippen LogP contribution in [-0.4, -0.2) is 37.2 Å². The highest BCUT2D eigenvalue weighted by Gasteiger charge is 2.13. The van der Waals surface area contributed by atoms with E-state index in [4.69, 9.17) is 9.84 Å². The van der Waals surface area contributed by atoms with E-state index < -0.39 is 11.8 Å². The molecule has 0 heterocycles. The molecule has 0 spiro atoms. The number of aliphatic hydroxyl groups is 1. The van der Waals surface area contributed by atoms with Gasteiger partial charge in [-0.3, -0.25) is 9.59 Å². The molecule has 1 aromatic carbocycles. The number of hydrogen-bond donors (Lipinski definition) is 3. The van der Waals surface area contributed by atoms with Crippen LogP contribution >= 0.6 is 15.9 Å². The SMILES string of the molecule is C=C\C(Br)=C/C=C/C=C(\NC(=O)c1ccc(OC)cc1)C(=O)NCCO. The summed E-state index contributed by atoms with van der Waals surface area (Å²) in [5, 5.41) is 13.9. The van der Waals surface area contributed by atoms with E-state index in [1.807, 2.05) is 0 Å². The zero-order valence-electron chi connectivity index (χ0n) is 14.4. The largest absolute Gasteiger partial charge is 0.497 e. The first kappa shape index (κ1) is 21.4. The molecule has 0 saturated heterocycles. The topological polar surface area (TPSA) is 87.7 Å². The quantitative estimate of drug-likeness (QED) is 0.422. The Labute approximate surface area is 161 Å². The maximum atomic E-state index is 12.3. The van der Waals surface area contributed by atoms with Crippen LogP contribution in [0.2, 0.25) is 0 Å². The van der Waals surface area contributed by atoms with Crippen molar-refractivity contribution in [2.45, 2.75) is 0 Å². The van der Waals surface area contributed by atoms with E-state index >= 15 is 0 Å². The second kappa shape index (κ2) is 11.8. The third-order valence-corrected chi connectivity index (χ3v) is 3.65. The lowest BCUT2D eigenvalue weighted by molar-refractivity contribution is -0.117. The Morgan fingerprint density at radius 2 is 1.88 bits per heavy atom. The van der Waals surface area contributed by atoms with E-state index in [2.05, 4.69) is 33.1 Å². The van der Waals surface area contributed by atoms with Gasteiger partial charge in [-0.25, -0.2) is 0 Å². The van der Waals surface area contributed by atoms with Gasteiger partial charge in [-0.15, -0.1) is 0 Å². The molecule has 1 rings (SSSR count). The van der Waals surface area contributed by atoms with Crippen molar-refractivity contribution in [1.29, 1.82) is 0 Å². The predicted molar refractivity (Wildman–Crippen MR) is 105 cm³/mol. The molecule has 3 N–H and O–H groups in total. The van der Waals surface area contributed by atoms with Crippen LogP contribution in [0.5, 0.6) is 5.75 Å². The molecule has 7 heteroatoms. The Balaban J connectivity index is 2.93. The predicted octanol–water partition coefficient (Wildman–Crippen LogP) is 2.44. The van der Waals surface area contributed by atoms with Gasteiger partial charge in [0.25, 0.3) is 11.8 Å². The molecule has 0 aliphatic rings. The Hall–Kier alpha value is -2.64. The molecular formula is C19H21BrN2O4. The molecule has 0 aliphatic heterocycles. The average Bonchev–Trinajstić information content (AvgIpc) is 2.67. The van der Waals surface area contributed by atoms with Crippen LogP contribution in [0.4, 0.5) is 0 Å². The fourth-order valence-corrected chi connectivity index (χ4v) is 1.90. The normalized spacial score (nSPS) is 12.0. The van der Waals surface area contributed by atoms with Gasteiger partial charge in [-0.2, -0.15) is 0 Å². The van der Waals surface area contributed by atoms with E-state index in [-0.39, 0.29) is 18.8 Å². The number of halogens is 1. The number of benzene rings is 1. The molecule has 0 aromatic heterocycles. The molecular weight excluding hydrogens is 400 g/mol. The number of hydrogen-bond acceptors (Lipinski definition) is 4. The Bertz CT molecular complexity index is 722. The van der Waals surface area contributed by atoms with Crippen LogP contribution in [0.3, 0.4) is 0 Å². The van der Waals surface area contributed by atoms with Crippen molar-refractivity contribution >= 4 is 27.7 Å². The molecule has 26 heavy (non-hydrogen) atoms. The number of carbonyl (C=O) groups is 2. The lowest BCUT2D eigenvalue weighted by Crippen LogP contribution is -2.36. The van der Waals surface area contributed by atoms with Crippen LogP contribution in [0.1, 0.15) is 10.4 Å². The number of allylic oxidation sites excluding steroid dienone is 6. The van der Waals surface area contributed by atoms with Gasteiger partial charge in [0.15, 0.2) is 0 Å². The lowest BCUT2D eigenvalue weighted by atomic mass is 10.2. The number of amides is 2. The maximum Gasteiger partial charge on any atom is 0.267 e. The zero-order valence-corrected chi connectivity index (χ0v) is 16.0. The minimum absolute atomic E-state index is 0.0543. The van der Waals surface area contributed by atoms with Crippen molar-refractivity contribution in [1.82, 2.24) is 10.6 Å². The fraction of sp³-hybridized carbons (Fsp3) is 0.158. The van der Waals surface area contributed by atoms with Gasteiger partial charge in [0.2, 0.25) is 0 Å². The molecule has 0 atom stereocenters. The highest BCUT2D eigenvalue weighted by Crippen LogP contribution is 2.11. The second-order valence-electron chi connectivity index (χ2n) is 4.88. The summed E-state index contributed by atoms with van der Waals surface area (Å²) in [5.74, 6) is -0.313. The first-order chi connectivity index (χ1) is 12.5. The molecule has 0 radical (unpaired) electrons. The van der Waals surface area contributed by atoms with E-state index in [0.717, 1.165) is 4.48 Å². The third-order valence-electron chi connectivity index (χ3n) is 3.07. The fourth-order valence-electron chi connectivity index (χ4n) is 1.74. The van der Waals surface area contributed by atoms with Crippen molar-refractivity contribution in [3.8, 4) is 5.75 Å².